The number of nitrogens with one attached hydrogen (secondary N) is 1. The summed E-state index contributed by atoms with van der Waals surface area (Å²) in [5, 5.41) is 15.5. The number of para-hydroxylation sites is 1. The molecule has 5 rings (SSSR count). The van der Waals surface area contributed by atoms with Crippen molar-refractivity contribution >= 4 is 34.1 Å². The number of fused-ring (bicyclic) bond motifs is 1. The molecule has 1 aromatic carbocycles. The minimum Gasteiger partial charge on any atom is -0.494 e. The highest BCUT2D eigenvalue weighted by Crippen LogP contribution is 2.42. The molecule has 0 fully saturated rings. The van der Waals surface area contributed by atoms with Crippen molar-refractivity contribution in [2.45, 2.75) is 19.8 Å². The minimum absolute atomic E-state index is 0.398. The van der Waals surface area contributed by atoms with Gasteiger partial charge in [0.15, 0.2) is 5.75 Å². The number of hydrogen-bond acceptors (Lipinski definition) is 8. The van der Waals surface area contributed by atoms with Crippen molar-refractivity contribution in [1.29, 1.82) is 5.26 Å². The van der Waals surface area contributed by atoms with Crippen LogP contribution < -0.4 is 10.1 Å². The molecule has 0 aliphatic carbocycles. The Kier molecular flexibility index (Phi) is 5.55. The fourth-order valence-electron chi connectivity index (χ4n) is 3.91. The van der Waals surface area contributed by atoms with Gasteiger partial charge in [-0.1, -0.05) is 12.1 Å². The predicted octanol–water partition coefficient (Wildman–Crippen LogP) is 5.46. The van der Waals surface area contributed by atoms with Gasteiger partial charge < -0.3 is 10.1 Å². The monoisotopic (exact) mass is 452 g/mol. The van der Waals surface area contributed by atoms with E-state index in [1.807, 2.05) is 48.7 Å². The van der Waals surface area contributed by atoms with Crippen LogP contribution in [0.3, 0.4) is 0 Å². The summed E-state index contributed by atoms with van der Waals surface area (Å²) in [6.07, 6.45) is 3.01. The molecule has 0 bridgehead atoms. The Balaban J connectivity index is 1.54. The normalized spacial score (nSPS) is 12.1. The number of nitriles is 1. The molecule has 3 aromatic heterocycles. The first-order chi connectivity index (χ1) is 16.1. The topological polar surface area (TPSA) is 96.1 Å². The zero-order valence-corrected chi connectivity index (χ0v) is 19.0. The minimum atomic E-state index is 0.398. The first-order valence-electron chi connectivity index (χ1n) is 10.4. The SMILES string of the molecule is COc1c(Nc2cc(Cc3cccc(C#N)n3)nc3c2N=C(C)C3)cccc1-c1nccs1. The molecule has 1 aliphatic heterocycles. The number of aromatic nitrogens is 3. The first kappa shape index (κ1) is 20.8. The van der Waals surface area contributed by atoms with E-state index >= 15 is 0 Å². The standard InChI is InChI=1S/C25H20N6OS/c1-15-11-21-23(28-15)22(13-18(30-21)12-16-5-3-6-17(14-26)29-16)31-20-8-4-7-19(24(20)32-2)25-27-9-10-33-25/h3-10,13H,11-12H2,1-2H3,(H,30,31). The average molecular weight is 453 g/mol. The summed E-state index contributed by atoms with van der Waals surface area (Å²) in [4.78, 5) is 18.4. The van der Waals surface area contributed by atoms with Gasteiger partial charge in [0.2, 0.25) is 0 Å². The van der Waals surface area contributed by atoms with Gasteiger partial charge in [0.05, 0.1) is 29.7 Å². The van der Waals surface area contributed by atoms with E-state index in [1.165, 1.54) is 0 Å². The van der Waals surface area contributed by atoms with E-state index in [0.29, 0.717) is 18.5 Å². The number of anilines is 2. The van der Waals surface area contributed by atoms with Crippen LogP contribution in [-0.4, -0.2) is 27.8 Å². The van der Waals surface area contributed by atoms with E-state index in [2.05, 4.69) is 21.4 Å². The van der Waals surface area contributed by atoms with Crippen LogP contribution in [0, 0.1) is 11.3 Å². The van der Waals surface area contributed by atoms with Gasteiger partial charge in [0, 0.05) is 41.5 Å². The number of nitrogens with zero attached hydrogens (tertiary/aromatic N) is 5. The maximum Gasteiger partial charge on any atom is 0.152 e. The third-order valence-corrected chi connectivity index (χ3v) is 6.09. The summed E-state index contributed by atoms with van der Waals surface area (Å²) >= 11 is 1.57. The number of methoxy groups -OCH3 is 1. The number of aliphatic imine (C=N–C) groups is 1. The number of benzene rings is 1. The first-order valence-corrected chi connectivity index (χ1v) is 11.3. The fourth-order valence-corrected chi connectivity index (χ4v) is 4.57. The molecule has 0 saturated carbocycles. The predicted molar refractivity (Wildman–Crippen MR) is 130 cm³/mol. The van der Waals surface area contributed by atoms with E-state index in [4.69, 9.17) is 20.0 Å². The second-order valence-corrected chi connectivity index (χ2v) is 8.53. The van der Waals surface area contributed by atoms with Crippen LogP contribution >= 0.6 is 11.3 Å². The molecular formula is C25H20N6OS. The van der Waals surface area contributed by atoms with Crippen molar-refractivity contribution in [1.82, 2.24) is 15.0 Å². The van der Waals surface area contributed by atoms with Crippen molar-refractivity contribution in [2.75, 3.05) is 12.4 Å². The quantitative estimate of drug-likeness (QED) is 0.417. The van der Waals surface area contributed by atoms with Crippen LogP contribution in [0.2, 0.25) is 0 Å². The van der Waals surface area contributed by atoms with Crippen LogP contribution in [0.4, 0.5) is 17.1 Å². The average Bonchev–Trinajstić information content (AvgIpc) is 3.48. The van der Waals surface area contributed by atoms with Crippen LogP contribution in [0.1, 0.15) is 29.7 Å². The number of thiazole rings is 1. The summed E-state index contributed by atoms with van der Waals surface area (Å²) in [5.74, 6) is 0.724. The molecule has 162 valence electrons. The Bertz CT molecular complexity index is 1410. The number of ether oxygens (including phenoxy) is 1. The molecule has 0 saturated heterocycles. The Morgan fingerprint density at radius 2 is 2.00 bits per heavy atom. The largest absolute Gasteiger partial charge is 0.494 e. The Hall–Kier alpha value is -4.09. The van der Waals surface area contributed by atoms with E-state index in [9.17, 15) is 0 Å². The summed E-state index contributed by atoms with van der Waals surface area (Å²) in [6, 6.07) is 15.5. The summed E-state index contributed by atoms with van der Waals surface area (Å²) in [5.41, 5.74) is 7.47. The number of pyridine rings is 2. The molecule has 7 nitrogen and oxygen atoms in total. The number of hydrogen-bond donors (Lipinski definition) is 1. The van der Waals surface area contributed by atoms with Crippen molar-refractivity contribution < 1.29 is 4.74 Å². The Labute approximate surface area is 195 Å². The summed E-state index contributed by atoms with van der Waals surface area (Å²) in [7, 11) is 1.66. The second-order valence-electron chi connectivity index (χ2n) is 7.63. The lowest BCUT2D eigenvalue weighted by Gasteiger charge is -2.16. The maximum absolute atomic E-state index is 9.16. The molecule has 0 atom stereocenters. The molecule has 0 amide bonds. The van der Waals surface area contributed by atoms with E-state index in [1.54, 1.807) is 30.7 Å². The molecule has 0 unspecified atom stereocenters. The second kappa shape index (κ2) is 8.81. The van der Waals surface area contributed by atoms with E-state index in [-0.39, 0.29) is 0 Å². The highest BCUT2D eigenvalue weighted by molar-refractivity contribution is 7.13. The molecule has 33 heavy (non-hydrogen) atoms. The highest BCUT2D eigenvalue weighted by Gasteiger charge is 2.21. The Morgan fingerprint density at radius 3 is 2.79 bits per heavy atom. The zero-order chi connectivity index (χ0) is 22.8. The van der Waals surface area contributed by atoms with Gasteiger partial charge in [0.1, 0.15) is 22.5 Å². The van der Waals surface area contributed by atoms with Crippen molar-refractivity contribution in [2.24, 2.45) is 4.99 Å². The van der Waals surface area contributed by atoms with Crippen LogP contribution in [0.15, 0.2) is 59.0 Å². The molecule has 0 radical (unpaired) electrons. The summed E-state index contributed by atoms with van der Waals surface area (Å²) in [6.45, 7) is 2.01. The van der Waals surface area contributed by atoms with Gasteiger partial charge in [-0.3, -0.25) is 9.98 Å². The van der Waals surface area contributed by atoms with Crippen LogP contribution in [0.5, 0.6) is 5.75 Å². The Morgan fingerprint density at radius 1 is 1.12 bits per heavy atom. The lowest BCUT2D eigenvalue weighted by molar-refractivity contribution is 0.418. The third-order valence-electron chi connectivity index (χ3n) is 5.28. The van der Waals surface area contributed by atoms with Gasteiger partial charge in [0.25, 0.3) is 0 Å². The third kappa shape index (κ3) is 4.19. The highest BCUT2D eigenvalue weighted by atomic mass is 32.1. The molecule has 4 aromatic rings. The molecular weight excluding hydrogens is 432 g/mol. The van der Waals surface area contributed by atoms with Crippen molar-refractivity contribution in [3.8, 4) is 22.4 Å². The lowest BCUT2D eigenvalue weighted by atomic mass is 10.1. The van der Waals surface area contributed by atoms with Crippen molar-refractivity contribution in [3.05, 3.63) is 76.8 Å². The van der Waals surface area contributed by atoms with Gasteiger partial charge in [-0.25, -0.2) is 9.97 Å². The van der Waals surface area contributed by atoms with Crippen LogP contribution in [-0.2, 0) is 12.8 Å². The molecule has 4 heterocycles. The van der Waals surface area contributed by atoms with E-state index < -0.39 is 0 Å². The number of rotatable bonds is 6. The zero-order valence-electron chi connectivity index (χ0n) is 18.2. The van der Waals surface area contributed by atoms with Gasteiger partial charge >= 0.3 is 0 Å². The van der Waals surface area contributed by atoms with Gasteiger partial charge in [-0.15, -0.1) is 11.3 Å². The molecule has 8 heteroatoms. The summed E-state index contributed by atoms with van der Waals surface area (Å²) < 4.78 is 5.78. The fraction of sp³-hybridized carbons (Fsp3) is 0.160. The molecule has 0 spiro atoms. The molecule has 1 N–H and O–H groups in total. The van der Waals surface area contributed by atoms with Crippen LogP contribution in [0.25, 0.3) is 10.6 Å². The van der Waals surface area contributed by atoms with Crippen molar-refractivity contribution in [3.63, 3.8) is 0 Å². The van der Waals surface area contributed by atoms with Gasteiger partial charge in [-0.05, 0) is 37.3 Å². The molecule has 1 aliphatic rings. The maximum atomic E-state index is 9.16. The van der Waals surface area contributed by atoms with Gasteiger partial charge in [-0.2, -0.15) is 5.26 Å². The lowest BCUT2D eigenvalue weighted by Crippen LogP contribution is -2.03. The van der Waals surface area contributed by atoms with E-state index in [0.717, 1.165) is 56.2 Å². The smallest absolute Gasteiger partial charge is 0.152 e.